The summed E-state index contributed by atoms with van der Waals surface area (Å²) in [5, 5.41) is 0. The number of hydrogen-bond acceptors (Lipinski definition) is 6. The van der Waals surface area contributed by atoms with Gasteiger partial charge in [0.15, 0.2) is 11.5 Å². The third-order valence-electron chi connectivity index (χ3n) is 4.03. The summed E-state index contributed by atoms with van der Waals surface area (Å²) in [5.74, 6) is 0.429. The van der Waals surface area contributed by atoms with Crippen molar-refractivity contribution in [3.05, 3.63) is 48.0 Å². The number of ether oxygens (including phenoxy) is 3. The van der Waals surface area contributed by atoms with Gasteiger partial charge in [-0.2, -0.15) is 0 Å². The van der Waals surface area contributed by atoms with E-state index in [0.717, 1.165) is 0 Å². The summed E-state index contributed by atoms with van der Waals surface area (Å²) in [5.41, 5.74) is 0.683. The summed E-state index contributed by atoms with van der Waals surface area (Å²) in [4.78, 5) is 12.1. The second-order valence-corrected chi connectivity index (χ2v) is 7.61. The SMILES string of the molecule is CCOC(=O)c1cccc(N(CC)S(=O)(=O)c2ccc3c(c2)OCCO3)c1. The van der Waals surface area contributed by atoms with E-state index in [4.69, 9.17) is 14.2 Å². The quantitative estimate of drug-likeness (QED) is 0.705. The van der Waals surface area contributed by atoms with Crippen LogP contribution >= 0.6 is 0 Å². The molecule has 0 aromatic heterocycles. The maximum atomic E-state index is 13.2. The largest absolute Gasteiger partial charge is 0.486 e. The van der Waals surface area contributed by atoms with Crippen molar-refractivity contribution >= 4 is 21.7 Å². The monoisotopic (exact) mass is 391 g/mol. The van der Waals surface area contributed by atoms with Gasteiger partial charge in [-0.05, 0) is 44.2 Å². The minimum absolute atomic E-state index is 0.0927. The van der Waals surface area contributed by atoms with Crippen molar-refractivity contribution in [1.29, 1.82) is 0 Å². The van der Waals surface area contributed by atoms with Crippen molar-refractivity contribution in [2.24, 2.45) is 0 Å². The highest BCUT2D eigenvalue weighted by molar-refractivity contribution is 7.92. The second kappa shape index (κ2) is 7.87. The first-order chi connectivity index (χ1) is 13.0. The van der Waals surface area contributed by atoms with Gasteiger partial charge in [0.05, 0.1) is 22.8 Å². The highest BCUT2D eigenvalue weighted by atomic mass is 32.2. The molecule has 0 unspecified atom stereocenters. The molecule has 2 aromatic rings. The van der Waals surface area contributed by atoms with Crippen LogP contribution in [-0.4, -0.2) is 40.8 Å². The van der Waals surface area contributed by atoms with Crippen LogP contribution in [0.25, 0.3) is 0 Å². The molecule has 2 aromatic carbocycles. The molecule has 0 aliphatic carbocycles. The molecule has 144 valence electrons. The minimum Gasteiger partial charge on any atom is -0.486 e. The Morgan fingerprint density at radius 3 is 2.52 bits per heavy atom. The molecule has 0 saturated carbocycles. The maximum absolute atomic E-state index is 13.2. The molecule has 0 N–H and O–H groups in total. The molecule has 8 heteroatoms. The minimum atomic E-state index is -3.85. The van der Waals surface area contributed by atoms with Crippen LogP contribution < -0.4 is 13.8 Å². The van der Waals surface area contributed by atoms with Gasteiger partial charge in [-0.3, -0.25) is 4.31 Å². The third-order valence-corrected chi connectivity index (χ3v) is 5.93. The molecule has 3 rings (SSSR count). The number of esters is 1. The number of carbonyl (C=O) groups excluding carboxylic acids is 1. The number of nitrogens with zero attached hydrogens (tertiary/aromatic N) is 1. The van der Waals surface area contributed by atoms with Crippen LogP contribution in [-0.2, 0) is 14.8 Å². The number of hydrogen-bond donors (Lipinski definition) is 0. The van der Waals surface area contributed by atoms with Crippen molar-refractivity contribution in [1.82, 2.24) is 0 Å². The van der Waals surface area contributed by atoms with Gasteiger partial charge in [0.2, 0.25) is 0 Å². The second-order valence-electron chi connectivity index (χ2n) is 5.75. The first kappa shape index (κ1) is 19.0. The molecule has 27 heavy (non-hydrogen) atoms. The zero-order valence-electron chi connectivity index (χ0n) is 15.2. The fraction of sp³-hybridized carbons (Fsp3) is 0.316. The Bertz CT molecular complexity index is 941. The molecule has 7 nitrogen and oxygen atoms in total. The van der Waals surface area contributed by atoms with Gasteiger partial charge < -0.3 is 14.2 Å². The summed E-state index contributed by atoms with van der Waals surface area (Å²) in [6.07, 6.45) is 0. The first-order valence-corrected chi connectivity index (χ1v) is 10.1. The summed E-state index contributed by atoms with van der Waals surface area (Å²) >= 11 is 0. The molecule has 0 saturated heterocycles. The van der Waals surface area contributed by atoms with Gasteiger partial charge in [0.25, 0.3) is 10.0 Å². The van der Waals surface area contributed by atoms with Crippen LogP contribution in [0.15, 0.2) is 47.4 Å². The topological polar surface area (TPSA) is 82.1 Å². The van der Waals surface area contributed by atoms with Crippen molar-refractivity contribution in [3.8, 4) is 11.5 Å². The molecular weight excluding hydrogens is 370 g/mol. The lowest BCUT2D eigenvalue weighted by atomic mass is 10.2. The standard InChI is InChI=1S/C19H21NO6S/c1-3-20(15-7-5-6-14(12-15)19(21)24-4-2)27(22,23)16-8-9-17-18(13-16)26-11-10-25-17/h5-9,12-13H,3-4,10-11H2,1-2H3. The fourth-order valence-electron chi connectivity index (χ4n) is 2.81. The highest BCUT2D eigenvalue weighted by Gasteiger charge is 2.26. The third kappa shape index (κ3) is 3.85. The molecule has 0 amide bonds. The van der Waals surface area contributed by atoms with E-state index in [1.807, 2.05) is 0 Å². The van der Waals surface area contributed by atoms with Gasteiger partial charge in [-0.1, -0.05) is 6.07 Å². The summed E-state index contributed by atoms with van der Waals surface area (Å²) in [7, 11) is -3.85. The zero-order valence-corrected chi connectivity index (χ0v) is 16.0. The van der Waals surface area contributed by atoms with Crippen LogP contribution in [0.5, 0.6) is 11.5 Å². The summed E-state index contributed by atoms with van der Waals surface area (Å²) in [6, 6.07) is 10.9. The fourth-order valence-corrected chi connectivity index (χ4v) is 4.29. The lowest BCUT2D eigenvalue weighted by Gasteiger charge is -2.24. The molecular formula is C19H21NO6S. The van der Waals surface area contributed by atoms with E-state index in [1.165, 1.54) is 22.5 Å². The normalized spacial score (nSPS) is 13.1. The van der Waals surface area contributed by atoms with Crippen LogP contribution in [0.3, 0.4) is 0 Å². The lowest BCUT2D eigenvalue weighted by molar-refractivity contribution is 0.0526. The van der Waals surface area contributed by atoms with E-state index in [2.05, 4.69) is 0 Å². The Balaban J connectivity index is 1.97. The van der Waals surface area contributed by atoms with E-state index >= 15 is 0 Å². The van der Waals surface area contributed by atoms with Crippen molar-refractivity contribution in [2.75, 3.05) is 30.7 Å². The average molecular weight is 391 g/mol. The van der Waals surface area contributed by atoms with E-state index in [-0.39, 0.29) is 18.0 Å². The van der Waals surface area contributed by atoms with Gasteiger partial charge in [-0.15, -0.1) is 0 Å². The number of rotatable bonds is 6. The maximum Gasteiger partial charge on any atom is 0.338 e. The van der Waals surface area contributed by atoms with Gasteiger partial charge in [0.1, 0.15) is 13.2 Å². The predicted octanol–water partition coefficient (Wildman–Crippen LogP) is 2.85. The Labute approximate surface area is 158 Å². The lowest BCUT2D eigenvalue weighted by Crippen LogP contribution is -2.31. The Morgan fingerprint density at radius 1 is 1.07 bits per heavy atom. The van der Waals surface area contributed by atoms with Crippen LogP contribution in [0.2, 0.25) is 0 Å². The highest BCUT2D eigenvalue weighted by Crippen LogP contribution is 2.34. The Morgan fingerprint density at radius 2 is 1.81 bits per heavy atom. The first-order valence-electron chi connectivity index (χ1n) is 8.67. The van der Waals surface area contributed by atoms with Gasteiger partial charge in [0, 0.05) is 12.6 Å². The summed E-state index contributed by atoms with van der Waals surface area (Å²) < 4.78 is 43.5. The van der Waals surface area contributed by atoms with Crippen molar-refractivity contribution < 1.29 is 27.4 Å². The zero-order chi connectivity index (χ0) is 19.4. The van der Waals surface area contributed by atoms with E-state index < -0.39 is 16.0 Å². The average Bonchev–Trinajstić information content (AvgIpc) is 2.68. The smallest absolute Gasteiger partial charge is 0.338 e. The number of fused-ring (bicyclic) bond motifs is 1. The van der Waals surface area contributed by atoms with E-state index in [1.54, 1.807) is 38.1 Å². The number of benzene rings is 2. The van der Waals surface area contributed by atoms with Crippen LogP contribution in [0.4, 0.5) is 5.69 Å². The predicted molar refractivity (Wildman–Crippen MR) is 100 cm³/mol. The van der Waals surface area contributed by atoms with Crippen molar-refractivity contribution in [2.45, 2.75) is 18.7 Å². The molecule has 1 aliphatic rings. The van der Waals surface area contributed by atoms with E-state index in [0.29, 0.717) is 36.0 Å². The molecule has 1 heterocycles. The Hall–Kier alpha value is -2.74. The molecule has 0 spiro atoms. The molecule has 1 aliphatic heterocycles. The molecule has 0 bridgehead atoms. The van der Waals surface area contributed by atoms with E-state index in [9.17, 15) is 13.2 Å². The Kier molecular flexibility index (Phi) is 5.55. The van der Waals surface area contributed by atoms with Gasteiger partial charge in [-0.25, -0.2) is 13.2 Å². The van der Waals surface area contributed by atoms with Gasteiger partial charge >= 0.3 is 5.97 Å². The molecule has 0 atom stereocenters. The number of anilines is 1. The molecule has 0 fully saturated rings. The summed E-state index contributed by atoms with van der Waals surface area (Å²) in [6.45, 7) is 4.69. The van der Waals surface area contributed by atoms with Crippen molar-refractivity contribution in [3.63, 3.8) is 0 Å². The van der Waals surface area contributed by atoms with Crippen LogP contribution in [0.1, 0.15) is 24.2 Å². The van der Waals surface area contributed by atoms with Crippen LogP contribution in [0, 0.1) is 0 Å². The molecule has 0 radical (unpaired) electrons. The number of sulfonamides is 1. The number of carbonyl (C=O) groups is 1.